The number of sulfonamides is 1. The molecule has 11 heteroatoms. The minimum Gasteiger partial charge on any atom is -0.369 e. The highest BCUT2D eigenvalue weighted by Crippen LogP contribution is 2.40. The zero-order valence-electron chi connectivity index (χ0n) is 32.1. The van der Waals surface area contributed by atoms with Crippen LogP contribution in [0.4, 0.5) is 5.69 Å². The van der Waals surface area contributed by atoms with Crippen LogP contribution in [0.15, 0.2) is 48.8 Å². The van der Waals surface area contributed by atoms with Gasteiger partial charge in [-0.25, -0.2) is 18.4 Å². The van der Waals surface area contributed by atoms with Crippen molar-refractivity contribution in [3.05, 3.63) is 64.1 Å². The van der Waals surface area contributed by atoms with Crippen LogP contribution >= 0.6 is 11.3 Å². The number of amides is 2. The van der Waals surface area contributed by atoms with Crippen molar-refractivity contribution in [3.8, 4) is 11.4 Å². The molecule has 2 aromatic heterocycles. The van der Waals surface area contributed by atoms with E-state index < -0.39 is 27.9 Å². The number of rotatable bonds is 14. The van der Waals surface area contributed by atoms with Crippen LogP contribution in [0.3, 0.4) is 0 Å². The highest BCUT2D eigenvalue weighted by molar-refractivity contribution is 7.90. The second-order valence-electron chi connectivity index (χ2n) is 16.9. The molecule has 0 radical (unpaired) electrons. The van der Waals surface area contributed by atoms with Crippen LogP contribution in [-0.4, -0.2) is 55.1 Å². The Labute approximate surface area is 321 Å². The van der Waals surface area contributed by atoms with E-state index in [1.807, 2.05) is 42.7 Å². The molecule has 0 spiro atoms. The van der Waals surface area contributed by atoms with Gasteiger partial charge in [0.1, 0.15) is 6.04 Å². The van der Waals surface area contributed by atoms with Gasteiger partial charge in [-0.2, -0.15) is 0 Å². The normalized spacial score (nSPS) is 20.8. The number of thiophene rings is 1. The topological polar surface area (TPSA) is 121 Å². The Hall–Kier alpha value is -3.31. The molecule has 3 aromatic rings. The van der Waals surface area contributed by atoms with Crippen molar-refractivity contribution in [1.82, 2.24) is 20.0 Å². The number of hydrogen-bond acceptors (Lipinski definition) is 8. The van der Waals surface area contributed by atoms with E-state index in [9.17, 15) is 18.0 Å². The monoisotopic (exact) mass is 761 g/mol. The summed E-state index contributed by atoms with van der Waals surface area (Å²) in [5.74, 6) is 2.47. The number of carbonyl (C=O) groups excluding carboxylic acids is 2. The highest BCUT2D eigenvalue weighted by atomic mass is 32.2. The second-order valence-corrected chi connectivity index (χ2v) is 19.8. The fourth-order valence-corrected chi connectivity index (χ4v) is 10.5. The molecule has 6 rings (SSSR count). The molecule has 1 aliphatic heterocycles. The average molecular weight is 762 g/mol. The van der Waals surface area contributed by atoms with E-state index in [2.05, 4.69) is 42.6 Å². The lowest BCUT2D eigenvalue weighted by atomic mass is 9.72. The van der Waals surface area contributed by atoms with Crippen molar-refractivity contribution in [1.29, 1.82) is 0 Å². The molecule has 1 unspecified atom stereocenters. The van der Waals surface area contributed by atoms with Gasteiger partial charge in [0.05, 0.1) is 28.7 Å². The van der Waals surface area contributed by atoms with Gasteiger partial charge in [-0.05, 0) is 78.9 Å². The summed E-state index contributed by atoms with van der Waals surface area (Å²) in [7, 11) is -3.84. The van der Waals surface area contributed by atoms with Crippen molar-refractivity contribution in [2.75, 3.05) is 23.7 Å². The Morgan fingerprint density at radius 1 is 0.868 bits per heavy atom. The van der Waals surface area contributed by atoms with E-state index in [0.29, 0.717) is 23.0 Å². The van der Waals surface area contributed by atoms with E-state index >= 15 is 0 Å². The van der Waals surface area contributed by atoms with Crippen LogP contribution in [0.25, 0.3) is 11.4 Å². The number of aromatic nitrogens is 2. The van der Waals surface area contributed by atoms with E-state index in [-0.39, 0.29) is 17.6 Å². The fourth-order valence-electron chi connectivity index (χ4n) is 8.33. The van der Waals surface area contributed by atoms with E-state index in [1.165, 1.54) is 62.7 Å². The summed E-state index contributed by atoms with van der Waals surface area (Å²) in [4.78, 5) is 40.2. The maximum absolute atomic E-state index is 13.5. The lowest BCUT2D eigenvalue weighted by Gasteiger charge is -2.39. The fraction of sp³-hybridized carbons (Fsp3) is 0.619. The summed E-state index contributed by atoms with van der Waals surface area (Å²) in [5, 5.41) is 2.83. The highest BCUT2D eigenvalue weighted by Gasteiger charge is 2.31. The molecule has 9 nitrogen and oxygen atoms in total. The van der Waals surface area contributed by atoms with Crippen molar-refractivity contribution in [3.63, 3.8) is 0 Å². The van der Waals surface area contributed by atoms with Crippen molar-refractivity contribution < 1.29 is 18.0 Å². The minimum absolute atomic E-state index is 0.101. The summed E-state index contributed by atoms with van der Waals surface area (Å²) in [6, 6.07) is 10.2. The number of carbonyl (C=O) groups is 2. The maximum atomic E-state index is 13.5. The lowest BCUT2D eigenvalue weighted by molar-refractivity contribution is -0.121. The first kappa shape index (κ1) is 39.4. The quantitative estimate of drug-likeness (QED) is 0.170. The number of nitrogens with zero attached hydrogens (tertiary/aromatic N) is 3. The van der Waals surface area contributed by atoms with Gasteiger partial charge in [0.15, 0.2) is 5.82 Å². The van der Waals surface area contributed by atoms with E-state index in [1.54, 1.807) is 6.07 Å². The first-order valence-electron chi connectivity index (χ1n) is 20.0. The molecule has 2 N–H and O–H groups in total. The number of benzene rings is 1. The standard InChI is InChI=1S/C42H59N5O4S2/c1-5-7-29-10-14-32(15-11-29)33-20-23-47(24-21-33)35-27-43-39(44-28-35)34-16-12-31(13-17-34)26-36(40(48)46-53(50,51)25-22-30-8-6-9-30)45-41(49)37-18-19-38(52-37)42(2,3)4/h12-13,16-19,27-30,32-33,36H,5-11,14-15,20-26H2,1-4H3,(H,45,49)(H,46,48)/t29-,32-,36?. The molecule has 3 aliphatic rings. The maximum Gasteiger partial charge on any atom is 0.262 e. The van der Waals surface area contributed by atoms with Crippen molar-refractivity contribution >= 4 is 38.9 Å². The zero-order chi connectivity index (χ0) is 37.6. The molecule has 1 aromatic carbocycles. The first-order chi connectivity index (χ1) is 25.4. The zero-order valence-corrected chi connectivity index (χ0v) is 33.7. The van der Waals surface area contributed by atoms with Gasteiger partial charge in [-0.1, -0.05) is 96.9 Å². The van der Waals surface area contributed by atoms with Crippen molar-refractivity contribution in [2.24, 2.45) is 23.7 Å². The Bertz CT molecular complexity index is 1760. The van der Waals surface area contributed by atoms with Crippen LogP contribution in [0.5, 0.6) is 0 Å². The number of anilines is 1. The SMILES string of the molecule is CCC[C@H]1CC[C@H](C2CCN(c3cnc(-c4ccc(CC(NC(=O)c5ccc(C(C)(C)C)s5)C(=O)NS(=O)(=O)CCC5CCC5)cc4)nc3)CC2)CC1. The van der Waals surface area contributed by atoms with E-state index in [0.717, 1.165) is 71.8 Å². The Balaban J connectivity index is 1.07. The lowest BCUT2D eigenvalue weighted by Crippen LogP contribution is -2.50. The van der Waals surface area contributed by atoms with Gasteiger partial charge in [0.2, 0.25) is 10.0 Å². The summed E-state index contributed by atoms with van der Waals surface area (Å²) < 4.78 is 28.0. The number of nitrogens with one attached hydrogen (secondary N) is 2. The molecular weight excluding hydrogens is 703 g/mol. The third-order valence-electron chi connectivity index (χ3n) is 11.9. The summed E-state index contributed by atoms with van der Waals surface area (Å²) in [6.07, 6.45) is 18.5. The summed E-state index contributed by atoms with van der Waals surface area (Å²) in [6.45, 7) is 10.6. The molecule has 3 fully saturated rings. The summed E-state index contributed by atoms with van der Waals surface area (Å²) in [5.41, 5.74) is 2.56. The average Bonchev–Trinajstić information content (AvgIpc) is 3.64. The van der Waals surface area contributed by atoms with Crippen LogP contribution < -0.4 is 14.9 Å². The number of piperidine rings is 1. The van der Waals surface area contributed by atoms with Gasteiger partial charge in [-0.3, -0.25) is 14.3 Å². The predicted molar refractivity (Wildman–Crippen MR) is 215 cm³/mol. The van der Waals surface area contributed by atoms with Gasteiger partial charge < -0.3 is 10.2 Å². The predicted octanol–water partition coefficient (Wildman–Crippen LogP) is 8.30. The van der Waals surface area contributed by atoms with E-state index in [4.69, 9.17) is 9.97 Å². The van der Waals surface area contributed by atoms with Gasteiger partial charge in [-0.15, -0.1) is 11.3 Å². The third kappa shape index (κ3) is 10.7. The second kappa shape index (κ2) is 17.4. The Morgan fingerprint density at radius 2 is 1.51 bits per heavy atom. The third-order valence-corrected chi connectivity index (χ3v) is 14.7. The van der Waals surface area contributed by atoms with Crippen LogP contribution in [0.1, 0.15) is 125 Å². The Morgan fingerprint density at radius 3 is 2.09 bits per heavy atom. The molecule has 0 bridgehead atoms. The van der Waals surface area contributed by atoms with Gasteiger partial charge >= 0.3 is 0 Å². The number of hydrogen-bond donors (Lipinski definition) is 2. The van der Waals surface area contributed by atoms with Crippen LogP contribution in [0.2, 0.25) is 0 Å². The minimum atomic E-state index is -3.84. The molecule has 53 heavy (non-hydrogen) atoms. The van der Waals surface area contributed by atoms with Crippen molar-refractivity contribution in [2.45, 2.75) is 123 Å². The Kier molecular flexibility index (Phi) is 13.0. The van der Waals surface area contributed by atoms with Crippen LogP contribution in [0, 0.1) is 23.7 Å². The molecule has 2 aliphatic carbocycles. The molecule has 288 valence electrons. The summed E-state index contributed by atoms with van der Waals surface area (Å²) >= 11 is 1.38. The molecule has 1 saturated heterocycles. The van der Waals surface area contributed by atoms with Crippen LogP contribution in [-0.2, 0) is 26.7 Å². The van der Waals surface area contributed by atoms with Gasteiger partial charge in [0, 0.05) is 30.0 Å². The smallest absolute Gasteiger partial charge is 0.262 e. The van der Waals surface area contributed by atoms with Gasteiger partial charge in [0.25, 0.3) is 11.8 Å². The molecule has 3 heterocycles. The first-order valence-corrected chi connectivity index (χ1v) is 22.5. The molecular formula is C42H59N5O4S2. The molecule has 1 atom stereocenters. The molecule has 2 saturated carbocycles. The molecule has 2 amide bonds. The largest absolute Gasteiger partial charge is 0.369 e.